The highest BCUT2D eigenvalue weighted by atomic mass is 32.2. The quantitative estimate of drug-likeness (QED) is 0.495. The van der Waals surface area contributed by atoms with Gasteiger partial charge in [0.05, 0.1) is 18.0 Å². The van der Waals surface area contributed by atoms with E-state index in [0.717, 1.165) is 4.31 Å². The first-order valence-electron chi connectivity index (χ1n) is 10.2. The molecular formula is C21H22N6O5S. The molecule has 2 amide bonds. The molecule has 2 N–H and O–H groups in total. The van der Waals surface area contributed by atoms with E-state index in [1.807, 2.05) is 0 Å². The Bertz CT molecular complexity index is 1250. The van der Waals surface area contributed by atoms with Crippen LogP contribution in [0.1, 0.15) is 10.4 Å². The van der Waals surface area contributed by atoms with Crippen molar-refractivity contribution in [3.05, 3.63) is 66.7 Å². The molecule has 1 aromatic heterocycles. The molecule has 0 atom stereocenters. The van der Waals surface area contributed by atoms with E-state index in [0.29, 0.717) is 24.6 Å². The molecule has 0 aliphatic carbocycles. The molecular weight excluding hydrogens is 448 g/mol. The van der Waals surface area contributed by atoms with Gasteiger partial charge in [-0.05, 0) is 30.3 Å². The Morgan fingerprint density at radius 3 is 2.82 bits per heavy atom. The number of aromatic nitrogens is 3. The van der Waals surface area contributed by atoms with Crippen LogP contribution in [0.3, 0.4) is 0 Å². The van der Waals surface area contributed by atoms with Crippen LogP contribution in [0.25, 0.3) is 0 Å². The van der Waals surface area contributed by atoms with E-state index in [9.17, 15) is 18.0 Å². The number of hydrogen-bond donors (Lipinski definition) is 2. The van der Waals surface area contributed by atoms with E-state index in [2.05, 4.69) is 20.7 Å². The molecule has 2 heterocycles. The van der Waals surface area contributed by atoms with Gasteiger partial charge in [0, 0.05) is 30.4 Å². The third kappa shape index (κ3) is 5.54. The van der Waals surface area contributed by atoms with E-state index in [1.165, 1.54) is 30.6 Å². The Labute approximate surface area is 190 Å². The van der Waals surface area contributed by atoms with Crippen LogP contribution in [0, 0.1) is 0 Å². The van der Waals surface area contributed by atoms with Crippen molar-refractivity contribution in [3.63, 3.8) is 0 Å². The predicted octanol–water partition coefficient (Wildman–Crippen LogP) is 0.730. The van der Waals surface area contributed by atoms with E-state index in [4.69, 9.17) is 4.74 Å². The molecule has 0 unspecified atom stereocenters. The second kappa shape index (κ2) is 9.79. The lowest BCUT2D eigenvalue weighted by atomic mass is 10.2. The Morgan fingerprint density at radius 2 is 2.03 bits per heavy atom. The summed E-state index contributed by atoms with van der Waals surface area (Å²) in [6.07, 6.45) is 3.04. The average Bonchev–Trinajstić information content (AvgIpc) is 3.33. The largest absolute Gasteiger partial charge is 0.492 e. The number of anilines is 1. The summed E-state index contributed by atoms with van der Waals surface area (Å²) in [6.45, 7) is 1.07. The summed E-state index contributed by atoms with van der Waals surface area (Å²) in [5.74, 6) is -0.266. The van der Waals surface area contributed by atoms with Gasteiger partial charge in [-0.3, -0.25) is 9.59 Å². The van der Waals surface area contributed by atoms with Crippen molar-refractivity contribution in [1.82, 2.24) is 24.4 Å². The highest BCUT2D eigenvalue weighted by molar-refractivity contribution is 7.89. The van der Waals surface area contributed by atoms with Crippen molar-refractivity contribution >= 4 is 27.5 Å². The van der Waals surface area contributed by atoms with Crippen molar-refractivity contribution in [1.29, 1.82) is 0 Å². The normalized spacial score (nSPS) is 14.5. The molecule has 1 aliphatic rings. The van der Waals surface area contributed by atoms with Crippen LogP contribution < -0.4 is 15.4 Å². The summed E-state index contributed by atoms with van der Waals surface area (Å²) in [6, 6.07) is 12.6. The molecule has 0 spiro atoms. The third-order valence-corrected chi connectivity index (χ3v) is 6.73. The number of nitrogens with zero attached hydrogens (tertiary/aromatic N) is 4. The molecule has 0 bridgehead atoms. The molecule has 0 saturated carbocycles. The first-order valence-corrected chi connectivity index (χ1v) is 11.6. The lowest BCUT2D eigenvalue weighted by Crippen LogP contribution is -2.49. The van der Waals surface area contributed by atoms with Gasteiger partial charge in [-0.1, -0.05) is 12.1 Å². The van der Waals surface area contributed by atoms with Crippen LogP contribution in [0.4, 0.5) is 5.69 Å². The van der Waals surface area contributed by atoms with Crippen molar-refractivity contribution in [3.8, 4) is 5.75 Å². The number of sulfonamides is 1. The first kappa shape index (κ1) is 22.4. The zero-order chi connectivity index (χ0) is 23.3. The molecule has 12 heteroatoms. The van der Waals surface area contributed by atoms with Crippen molar-refractivity contribution in [2.45, 2.75) is 11.4 Å². The maximum atomic E-state index is 12.9. The third-order valence-electron chi connectivity index (χ3n) is 4.88. The van der Waals surface area contributed by atoms with Gasteiger partial charge < -0.3 is 15.4 Å². The molecule has 1 aliphatic heterocycles. The number of rotatable bonds is 8. The SMILES string of the molecule is O=C1CN(S(=O)(=O)c2cccc(C(=O)Nc3cccc(OCCn4cncn4)c3)c2)CCN1. The Morgan fingerprint density at radius 1 is 1.18 bits per heavy atom. The summed E-state index contributed by atoms with van der Waals surface area (Å²) in [4.78, 5) is 28.2. The Balaban J connectivity index is 1.42. The van der Waals surface area contributed by atoms with Crippen molar-refractivity contribution in [2.75, 3.05) is 31.6 Å². The van der Waals surface area contributed by atoms with Gasteiger partial charge in [0.15, 0.2) is 0 Å². The monoisotopic (exact) mass is 470 g/mol. The summed E-state index contributed by atoms with van der Waals surface area (Å²) < 4.78 is 34.2. The molecule has 0 radical (unpaired) electrons. The number of ether oxygens (including phenoxy) is 1. The molecule has 33 heavy (non-hydrogen) atoms. The first-order chi connectivity index (χ1) is 15.9. The van der Waals surface area contributed by atoms with Crippen molar-refractivity contribution < 1.29 is 22.7 Å². The van der Waals surface area contributed by atoms with E-state index < -0.39 is 15.9 Å². The fourth-order valence-electron chi connectivity index (χ4n) is 3.24. The summed E-state index contributed by atoms with van der Waals surface area (Å²) in [5, 5.41) is 9.34. The minimum absolute atomic E-state index is 0.0463. The highest BCUT2D eigenvalue weighted by Gasteiger charge is 2.29. The minimum Gasteiger partial charge on any atom is -0.492 e. The Kier molecular flexibility index (Phi) is 6.66. The maximum absolute atomic E-state index is 12.9. The second-order valence-electron chi connectivity index (χ2n) is 7.21. The fourth-order valence-corrected chi connectivity index (χ4v) is 4.68. The van der Waals surface area contributed by atoms with E-state index >= 15 is 0 Å². The summed E-state index contributed by atoms with van der Waals surface area (Å²) in [5.41, 5.74) is 0.675. The second-order valence-corrected chi connectivity index (χ2v) is 9.14. The zero-order valence-corrected chi connectivity index (χ0v) is 18.4. The van der Waals surface area contributed by atoms with Crippen LogP contribution in [0.15, 0.2) is 66.1 Å². The number of carbonyl (C=O) groups is 2. The molecule has 1 saturated heterocycles. The van der Waals surface area contributed by atoms with Crippen LogP contribution in [-0.2, 0) is 21.4 Å². The standard InChI is InChI=1S/C21H22N6O5S/c28-20-13-27(8-7-23-20)33(30,31)19-6-1-3-16(11-19)21(29)25-17-4-2-5-18(12-17)32-10-9-26-15-22-14-24-26/h1-6,11-12,14-15H,7-10,13H2,(H,23,28)(H,25,29). The number of piperazine rings is 1. The highest BCUT2D eigenvalue weighted by Crippen LogP contribution is 2.21. The van der Waals surface area contributed by atoms with Crippen molar-refractivity contribution in [2.24, 2.45) is 0 Å². The van der Waals surface area contributed by atoms with Crippen LogP contribution in [0.5, 0.6) is 5.75 Å². The van der Waals surface area contributed by atoms with Gasteiger partial charge in [0.1, 0.15) is 25.0 Å². The predicted molar refractivity (Wildman–Crippen MR) is 118 cm³/mol. The molecule has 4 rings (SSSR count). The lowest BCUT2D eigenvalue weighted by molar-refractivity contribution is -0.122. The number of carbonyl (C=O) groups excluding carboxylic acids is 2. The maximum Gasteiger partial charge on any atom is 0.255 e. The topological polar surface area (TPSA) is 136 Å². The molecule has 11 nitrogen and oxygen atoms in total. The number of nitrogens with one attached hydrogen (secondary N) is 2. The summed E-state index contributed by atoms with van der Waals surface area (Å²) >= 11 is 0. The lowest BCUT2D eigenvalue weighted by Gasteiger charge is -2.26. The number of amides is 2. The smallest absolute Gasteiger partial charge is 0.255 e. The van der Waals surface area contributed by atoms with Gasteiger partial charge >= 0.3 is 0 Å². The molecule has 1 fully saturated rings. The van der Waals surface area contributed by atoms with E-state index in [1.54, 1.807) is 35.3 Å². The van der Waals surface area contributed by atoms with Gasteiger partial charge in [-0.2, -0.15) is 9.40 Å². The number of benzene rings is 2. The van der Waals surface area contributed by atoms with Gasteiger partial charge in [0.2, 0.25) is 15.9 Å². The summed E-state index contributed by atoms with van der Waals surface area (Å²) in [7, 11) is -3.90. The van der Waals surface area contributed by atoms with Gasteiger partial charge in [0.25, 0.3) is 5.91 Å². The molecule has 3 aromatic rings. The zero-order valence-electron chi connectivity index (χ0n) is 17.5. The van der Waals surface area contributed by atoms with Gasteiger partial charge in [-0.15, -0.1) is 0 Å². The minimum atomic E-state index is -3.90. The number of hydrogen-bond acceptors (Lipinski definition) is 7. The van der Waals surface area contributed by atoms with Gasteiger partial charge in [-0.25, -0.2) is 18.1 Å². The average molecular weight is 471 g/mol. The molecule has 2 aromatic carbocycles. The van der Waals surface area contributed by atoms with Crippen LogP contribution in [-0.4, -0.2) is 65.5 Å². The Hall–Kier alpha value is -3.77. The van der Waals surface area contributed by atoms with Crippen LogP contribution in [0.2, 0.25) is 0 Å². The van der Waals surface area contributed by atoms with Crippen LogP contribution >= 0.6 is 0 Å². The van der Waals surface area contributed by atoms with E-state index in [-0.39, 0.29) is 36.0 Å². The molecule has 172 valence electrons. The fraction of sp³-hybridized carbons (Fsp3) is 0.238.